The fourth-order valence-corrected chi connectivity index (χ4v) is 9.11. The maximum Gasteiger partial charge on any atom is 0.255 e. The lowest BCUT2D eigenvalue weighted by molar-refractivity contribution is -0.169. The van der Waals surface area contributed by atoms with Crippen molar-refractivity contribution in [2.75, 3.05) is 19.8 Å². The van der Waals surface area contributed by atoms with Crippen molar-refractivity contribution in [2.45, 2.75) is 60.1 Å². The molecule has 1 amide bonds. The minimum Gasteiger partial charge on any atom is -0.616 e. The van der Waals surface area contributed by atoms with Crippen LogP contribution in [-0.4, -0.2) is 101 Å². The third kappa shape index (κ3) is 3.55. The number of hydrogen-bond donors (Lipinski definition) is 7. The molecule has 4 aliphatic rings. The summed E-state index contributed by atoms with van der Waals surface area (Å²) in [6.45, 7) is 0. The Balaban J connectivity index is 1.80. The van der Waals surface area contributed by atoms with Crippen molar-refractivity contribution in [3.8, 4) is 5.75 Å². The van der Waals surface area contributed by atoms with Gasteiger partial charge in [-0.1, -0.05) is 23.3 Å². The Labute approximate surface area is 233 Å². The largest absolute Gasteiger partial charge is 0.616 e. The minimum absolute atomic E-state index is 0.0731. The zero-order chi connectivity index (χ0) is 29.5. The third-order valence-corrected chi connectivity index (χ3v) is 11.0. The molecule has 0 radical (unpaired) electrons. The number of ketones is 2. The summed E-state index contributed by atoms with van der Waals surface area (Å²) in [6.07, 6.45) is 1.29. The number of carbonyl (C=O) groups excluding carboxylic acids is 3. The molecule has 0 aromatic heterocycles. The molecule has 1 fully saturated rings. The Bertz CT molecular complexity index is 1370. The van der Waals surface area contributed by atoms with E-state index in [4.69, 9.17) is 11.5 Å². The normalized spacial score (nSPS) is 35.1. The Morgan fingerprint density at radius 3 is 2.38 bits per heavy atom. The molecular weight excluding hydrogens is 542 g/mol. The number of nitrogens with two attached hydrogens (primary N) is 2. The van der Waals surface area contributed by atoms with Crippen LogP contribution < -0.4 is 11.5 Å². The number of aliphatic hydroxyl groups excluding tert-OH is 3. The van der Waals surface area contributed by atoms with Gasteiger partial charge in [0.15, 0.2) is 5.78 Å². The van der Waals surface area contributed by atoms with Gasteiger partial charge in [-0.15, -0.1) is 0 Å². The van der Waals surface area contributed by atoms with E-state index in [1.54, 1.807) is 6.07 Å². The molecule has 5 rings (SSSR count). The molecule has 1 saturated carbocycles. The number of Topliss-reactive ketones (excluding diaryl/α,β-unsaturated/α-hetero) is 2. The molecule has 0 spiro atoms. The van der Waals surface area contributed by atoms with Crippen LogP contribution in [-0.2, 0) is 20.8 Å². The second-order valence-electron chi connectivity index (χ2n) is 11.3. The van der Waals surface area contributed by atoms with Gasteiger partial charge in [0.05, 0.1) is 17.7 Å². The van der Waals surface area contributed by atoms with Gasteiger partial charge in [0.1, 0.15) is 39.4 Å². The summed E-state index contributed by atoms with van der Waals surface area (Å²) in [7, 11) is 2.80. The summed E-state index contributed by atoms with van der Waals surface area (Å²) >= 11 is -1.45. The van der Waals surface area contributed by atoms with Crippen molar-refractivity contribution in [1.82, 2.24) is 4.90 Å². The average molecular weight is 576 g/mol. The number of amides is 1. The third-order valence-electron chi connectivity index (χ3n) is 9.07. The summed E-state index contributed by atoms with van der Waals surface area (Å²) < 4.78 is 13.5. The Kier molecular flexibility index (Phi) is 6.84. The number of nitrogens with zero attached hydrogens (tertiary/aromatic N) is 1. The quantitative estimate of drug-likeness (QED) is 0.173. The molecule has 0 saturated heterocycles. The van der Waals surface area contributed by atoms with Gasteiger partial charge in [-0.25, -0.2) is 0 Å². The van der Waals surface area contributed by atoms with Crippen molar-refractivity contribution >= 4 is 28.6 Å². The fraction of sp³-hybridized carbons (Fsp3) is 0.519. The number of rotatable bonds is 5. The molecule has 216 valence electrons. The summed E-state index contributed by atoms with van der Waals surface area (Å²) in [4.78, 5) is 40.9. The molecule has 1 unspecified atom stereocenters. The topological polar surface area (TPSA) is 231 Å². The van der Waals surface area contributed by atoms with E-state index in [2.05, 4.69) is 0 Å². The molecule has 7 atom stereocenters. The van der Waals surface area contributed by atoms with Crippen LogP contribution in [0.4, 0.5) is 0 Å². The van der Waals surface area contributed by atoms with Crippen LogP contribution in [0, 0.1) is 5.92 Å². The van der Waals surface area contributed by atoms with E-state index >= 15 is 0 Å². The molecule has 13 heteroatoms. The summed E-state index contributed by atoms with van der Waals surface area (Å²) in [6, 6.07) is 2.66. The lowest BCUT2D eigenvalue weighted by atomic mass is 9.51. The number of primary amides is 1. The van der Waals surface area contributed by atoms with Crippen molar-refractivity contribution in [3.63, 3.8) is 0 Å². The van der Waals surface area contributed by atoms with E-state index in [-0.39, 0.29) is 22.1 Å². The zero-order valence-electron chi connectivity index (χ0n) is 22.0. The maximum absolute atomic E-state index is 13.8. The molecular formula is C27H33N3O9S. The van der Waals surface area contributed by atoms with E-state index in [1.165, 1.54) is 31.1 Å². The van der Waals surface area contributed by atoms with Gasteiger partial charge in [-0.3, -0.25) is 19.3 Å². The summed E-state index contributed by atoms with van der Waals surface area (Å²) in [5, 5.41) is 57.1. The molecule has 0 heterocycles. The van der Waals surface area contributed by atoms with Crippen LogP contribution >= 0.6 is 0 Å². The van der Waals surface area contributed by atoms with Crippen molar-refractivity contribution < 1.29 is 44.5 Å². The number of phenols is 1. The Morgan fingerprint density at radius 2 is 1.80 bits per heavy atom. The number of aromatic hydroxyl groups is 1. The van der Waals surface area contributed by atoms with Gasteiger partial charge in [0.25, 0.3) is 5.91 Å². The van der Waals surface area contributed by atoms with Crippen LogP contribution in [0.1, 0.15) is 47.5 Å². The van der Waals surface area contributed by atoms with Crippen LogP contribution in [0.25, 0.3) is 0 Å². The monoisotopic (exact) mass is 575 g/mol. The average Bonchev–Trinajstić information content (AvgIpc) is 3.42. The molecule has 1 aromatic rings. The number of hydrogen-bond acceptors (Lipinski definition) is 11. The molecule has 4 aliphatic carbocycles. The van der Waals surface area contributed by atoms with Gasteiger partial charge >= 0.3 is 0 Å². The second-order valence-corrected chi connectivity index (χ2v) is 13.1. The molecule has 12 nitrogen and oxygen atoms in total. The lowest BCUT2D eigenvalue weighted by Crippen LogP contribution is -2.84. The van der Waals surface area contributed by atoms with Gasteiger partial charge < -0.3 is 41.6 Å². The maximum atomic E-state index is 13.8. The number of likely N-dealkylation sites (N-methyl/N-ethyl adjacent to an activating group) is 1. The molecule has 0 aliphatic heterocycles. The SMILES string of the molecule is CN(C)[C@@H]1C(O)=C(C(N)=O)C(=O)[C@@]2(O)C(O)=C3C(=O)c4c(O)cccc4[C@H](C[S+]([O-])C4CCCC4)[C@H]3[C@H](O)[C@@]12N. The first-order chi connectivity index (χ1) is 18.7. The number of aliphatic hydroxyl groups is 4. The Hall–Kier alpha value is -2.94. The Morgan fingerprint density at radius 1 is 1.18 bits per heavy atom. The highest BCUT2D eigenvalue weighted by Crippen LogP contribution is 2.56. The fourth-order valence-electron chi connectivity index (χ4n) is 7.24. The highest BCUT2D eigenvalue weighted by molar-refractivity contribution is 7.92. The smallest absolute Gasteiger partial charge is 0.255 e. The van der Waals surface area contributed by atoms with Crippen molar-refractivity contribution in [2.24, 2.45) is 17.4 Å². The van der Waals surface area contributed by atoms with Crippen LogP contribution in [0.15, 0.2) is 40.9 Å². The molecule has 9 N–H and O–H groups in total. The molecule has 0 bridgehead atoms. The lowest BCUT2D eigenvalue weighted by Gasteiger charge is -2.59. The van der Waals surface area contributed by atoms with Gasteiger partial charge in [-0.05, 0) is 51.4 Å². The van der Waals surface area contributed by atoms with Crippen LogP contribution in [0.5, 0.6) is 5.75 Å². The minimum atomic E-state index is -3.27. The standard InChI is InChI=1S/C27H33N3O9S/c1-30(2)21-20(33)18(25(28)37)24(36)27(38)23(35)17-16(22(34)26(21,27)29)13(10-40(39)11-6-3-4-7-11)12-8-5-9-14(31)15(12)19(17)32/h5,8-9,11,13,16,21-22,31,33-35,38H,3-4,6-7,10,29H2,1-2H3,(H2,28,37)/t13-,16+,21+,22-,26-,27-,40?/m0/s1. The van der Waals surface area contributed by atoms with E-state index in [0.717, 1.165) is 25.7 Å². The first-order valence-corrected chi connectivity index (χ1v) is 14.4. The zero-order valence-corrected chi connectivity index (χ0v) is 22.9. The van der Waals surface area contributed by atoms with Gasteiger partial charge in [0.2, 0.25) is 11.4 Å². The predicted octanol–water partition coefficient (Wildman–Crippen LogP) is -0.595. The highest BCUT2D eigenvalue weighted by Gasteiger charge is 2.75. The van der Waals surface area contributed by atoms with E-state index in [0.29, 0.717) is 0 Å². The number of fused-ring (bicyclic) bond motifs is 3. The van der Waals surface area contributed by atoms with E-state index in [1.807, 2.05) is 0 Å². The van der Waals surface area contributed by atoms with Crippen LogP contribution in [0.3, 0.4) is 0 Å². The molecule has 1 aromatic carbocycles. The summed E-state index contributed by atoms with van der Waals surface area (Å²) in [5.41, 5.74) is 4.60. The molecule has 40 heavy (non-hydrogen) atoms. The van der Waals surface area contributed by atoms with Crippen molar-refractivity contribution in [3.05, 3.63) is 52.0 Å². The van der Waals surface area contributed by atoms with Crippen LogP contribution in [0.2, 0.25) is 0 Å². The first kappa shape index (κ1) is 28.6. The number of carbonyl (C=O) groups is 3. The van der Waals surface area contributed by atoms with Gasteiger partial charge in [-0.2, -0.15) is 0 Å². The second kappa shape index (κ2) is 9.57. The van der Waals surface area contributed by atoms with Gasteiger partial charge in [0, 0.05) is 17.4 Å². The number of phenolic OH excluding ortho intramolecular Hbond substituents is 1. The van der Waals surface area contributed by atoms with E-state index < -0.39 is 92.2 Å². The predicted molar refractivity (Wildman–Crippen MR) is 143 cm³/mol. The van der Waals surface area contributed by atoms with E-state index in [9.17, 15) is 44.5 Å². The number of benzene rings is 1. The summed E-state index contributed by atoms with van der Waals surface area (Å²) in [5.74, 6) is -8.95. The first-order valence-electron chi connectivity index (χ1n) is 13.0. The highest BCUT2D eigenvalue weighted by atomic mass is 32.2. The van der Waals surface area contributed by atoms with Crippen molar-refractivity contribution in [1.29, 1.82) is 0 Å².